The molecule has 3 rings (SSSR count). The Morgan fingerprint density at radius 3 is 2.81 bits per heavy atom. The van der Waals surface area contributed by atoms with Crippen molar-refractivity contribution in [3.8, 4) is 0 Å². The molecule has 2 atom stereocenters. The minimum Gasteiger partial charge on any atom is -0.382 e. The Labute approximate surface area is 130 Å². The second kappa shape index (κ2) is 5.83. The summed E-state index contributed by atoms with van der Waals surface area (Å²) >= 11 is 1.35. The molecule has 1 heterocycles. The van der Waals surface area contributed by atoms with Crippen LogP contribution >= 0.6 is 11.5 Å². The van der Waals surface area contributed by atoms with Crippen molar-refractivity contribution in [2.24, 2.45) is 5.92 Å². The van der Waals surface area contributed by atoms with E-state index in [1.165, 1.54) is 37.2 Å². The van der Waals surface area contributed by atoms with Gasteiger partial charge in [-0.15, -0.1) is 0 Å². The molecule has 0 aliphatic heterocycles. The van der Waals surface area contributed by atoms with Crippen molar-refractivity contribution in [3.63, 3.8) is 0 Å². The number of nitrogens with one attached hydrogen (secondary N) is 1. The predicted molar refractivity (Wildman–Crippen MR) is 86.8 cm³/mol. The number of aromatic nitrogens is 1. The zero-order chi connectivity index (χ0) is 15.0. The van der Waals surface area contributed by atoms with E-state index in [0.29, 0.717) is 23.5 Å². The molecule has 2 aliphatic carbocycles. The summed E-state index contributed by atoms with van der Waals surface area (Å²) in [6.45, 7) is 2.31. The molecule has 2 saturated carbocycles. The van der Waals surface area contributed by atoms with Gasteiger partial charge in [-0.1, -0.05) is 19.8 Å². The highest BCUT2D eigenvalue weighted by atomic mass is 32.1. The summed E-state index contributed by atoms with van der Waals surface area (Å²) in [4.78, 5) is 14.6. The maximum Gasteiger partial charge on any atom is 0.258 e. The van der Waals surface area contributed by atoms with Gasteiger partial charge in [-0.3, -0.25) is 4.79 Å². The minimum atomic E-state index is -0.0607. The summed E-state index contributed by atoms with van der Waals surface area (Å²) in [6, 6.07) is 0.825. The first-order valence-electron chi connectivity index (χ1n) is 7.85. The summed E-state index contributed by atoms with van der Waals surface area (Å²) in [5, 5.41) is 3.95. The Morgan fingerprint density at radius 1 is 1.38 bits per heavy atom. The average molecular weight is 308 g/mol. The molecule has 116 valence electrons. The Balaban J connectivity index is 1.78. The van der Waals surface area contributed by atoms with Gasteiger partial charge in [-0.2, -0.15) is 4.37 Å². The van der Waals surface area contributed by atoms with E-state index in [1.54, 1.807) is 0 Å². The van der Waals surface area contributed by atoms with Crippen LogP contribution in [-0.2, 0) is 0 Å². The lowest BCUT2D eigenvalue weighted by atomic mass is 9.86. The second-order valence-corrected chi connectivity index (χ2v) is 7.28. The SMILES string of the molecule is CC1CCCC(N(C)c2snc(N)c2C(=O)NC2CC2)C1. The lowest BCUT2D eigenvalue weighted by Crippen LogP contribution is -2.36. The number of hydrogen-bond acceptors (Lipinski definition) is 5. The third-order valence-electron chi connectivity index (χ3n) is 4.62. The van der Waals surface area contributed by atoms with E-state index in [9.17, 15) is 4.79 Å². The van der Waals surface area contributed by atoms with Crippen LogP contribution in [0.2, 0.25) is 0 Å². The Bertz CT molecular complexity index is 526. The molecule has 21 heavy (non-hydrogen) atoms. The molecule has 0 bridgehead atoms. The van der Waals surface area contributed by atoms with Crippen LogP contribution in [0.3, 0.4) is 0 Å². The smallest absolute Gasteiger partial charge is 0.258 e. The predicted octanol–water partition coefficient (Wildman–Crippen LogP) is 2.63. The van der Waals surface area contributed by atoms with Crippen LogP contribution in [0.1, 0.15) is 55.8 Å². The van der Waals surface area contributed by atoms with Gasteiger partial charge in [0.15, 0.2) is 5.82 Å². The third-order valence-corrected chi connectivity index (χ3v) is 5.57. The number of anilines is 2. The highest BCUT2D eigenvalue weighted by Crippen LogP contribution is 2.36. The van der Waals surface area contributed by atoms with Gasteiger partial charge in [0, 0.05) is 19.1 Å². The zero-order valence-corrected chi connectivity index (χ0v) is 13.6. The van der Waals surface area contributed by atoms with E-state index in [2.05, 4.69) is 28.6 Å². The second-order valence-electron chi connectivity index (χ2n) is 6.53. The maximum absolute atomic E-state index is 12.4. The number of amides is 1. The van der Waals surface area contributed by atoms with Gasteiger partial charge < -0.3 is 16.0 Å². The molecule has 1 amide bonds. The van der Waals surface area contributed by atoms with Gasteiger partial charge >= 0.3 is 0 Å². The number of hydrogen-bond donors (Lipinski definition) is 2. The van der Waals surface area contributed by atoms with Crippen LogP contribution in [0.15, 0.2) is 0 Å². The highest BCUT2D eigenvalue weighted by molar-refractivity contribution is 7.11. The molecule has 6 heteroatoms. The number of rotatable bonds is 4. The molecule has 2 unspecified atom stereocenters. The van der Waals surface area contributed by atoms with Crippen molar-refractivity contribution in [2.75, 3.05) is 17.7 Å². The van der Waals surface area contributed by atoms with Gasteiger partial charge in [-0.25, -0.2) is 0 Å². The van der Waals surface area contributed by atoms with Crippen molar-refractivity contribution in [1.82, 2.24) is 9.69 Å². The summed E-state index contributed by atoms with van der Waals surface area (Å²) < 4.78 is 4.22. The van der Waals surface area contributed by atoms with Gasteiger partial charge in [0.25, 0.3) is 5.91 Å². The van der Waals surface area contributed by atoms with Crippen molar-refractivity contribution in [3.05, 3.63) is 5.56 Å². The number of nitrogen functional groups attached to an aromatic ring is 1. The lowest BCUT2D eigenvalue weighted by molar-refractivity contribution is 0.0952. The van der Waals surface area contributed by atoms with Gasteiger partial charge in [0.1, 0.15) is 10.6 Å². The van der Waals surface area contributed by atoms with Crippen molar-refractivity contribution in [1.29, 1.82) is 0 Å². The molecule has 1 aromatic rings. The van der Waals surface area contributed by atoms with E-state index in [4.69, 9.17) is 5.73 Å². The molecule has 2 fully saturated rings. The van der Waals surface area contributed by atoms with E-state index in [-0.39, 0.29) is 5.91 Å². The average Bonchev–Trinajstić information content (AvgIpc) is 3.18. The van der Waals surface area contributed by atoms with Crippen molar-refractivity contribution < 1.29 is 4.79 Å². The van der Waals surface area contributed by atoms with E-state index >= 15 is 0 Å². The molecule has 2 aliphatic rings. The van der Waals surface area contributed by atoms with Crippen LogP contribution < -0.4 is 16.0 Å². The summed E-state index contributed by atoms with van der Waals surface area (Å²) in [6.07, 6.45) is 7.08. The topological polar surface area (TPSA) is 71.2 Å². The standard InChI is InChI=1S/C15H24N4OS/c1-9-4-3-5-11(8-9)19(2)15-12(13(16)18-21-15)14(20)17-10-6-7-10/h9-11H,3-8H2,1-2H3,(H2,16,18)(H,17,20). The monoisotopic (exact) mass is 308 g/mol. The molecule has 0 radical (unpaired) electrons. The first-order chi connectivity index (χ1) is 10.1. The highest BCUT2D eigenvalue weighted by Gasteiger charge is 2.31. The van der Waals surface area contributed by atoms with E-state index < -0.39 is 0 Å². The molecular formula is C15H24N4OS. The Morgan fingerprint density at radius 2 is 2.14 bits per heavy atom. The van der Waals surface area contributed by atoms with E-state index in [0.717, 1.165) is 23.8 Å². The van der Waals surface area contributed by atoms with Crippen LogP contribution in [0, 0.1) is 5.92 Å². The summed E-state index contributed by atoms with van der Waals surface area (Å²) in [5.74, 6) is 1.05. The fourth-order valence-electron chi connectivity index (χ4n) is 3.15. The molecule has 0 aromatic carbocycles. The molecule has 1 aromatic heterocycles. The Hall–Kier alpha value is -1.30. The first kappa shape index (κ1) is 14.6. The summed E-state index contributed by atoms with van der Waals surface area (Å²) in [7, 11) is 2.07. The molecule has 5 nitrogen and oxygen atoms in total. The third kappa shape index (κ3) is 3.15. The number of nitrogens with two attached hydrogens (primary N) is 1. The quantitative estimate of drug-likeness (QED) is 0.897. The number of carbonyl (C=O) groups is 1. The fourth-order valence-corrected chi connectivity index (χ4v) is 3.99. The lowest BCUT2D eigenvalue weighted by Gasteiger charge is -2.34. The normalized spacial score (nSPS) is 25.6. The van der Waals surface area contributed by atoms with Crippen LogP contribution in [0.4, 0.5) is 10.8 Å². The first-order valence-corrected chi connectivity index (χ1v) is 8.62. The number of carbonyl (C=O) groups excluding carboxylic acids is 1. The van der Waals surface area contributed by atoms with Crippen molar-refractivity contribution in [2.45, 2.75) is 57.5 Å². The van der Waals surface area contributed by atoms with Crippen LogP contribution in [-0.4, -0.2) is 29.4 Å². The van der Waals surface area contributed by atoms with Gasteiger partial charge in [0.2, 0.25) is 0 Å². The van der Waals surface area contributed by atoms with Crippen molar-refractivity contribution >= 4 is 28.3 Å². The van der Waals surface area contributed by atoms with Crippen LogP contribution in [0.5, 0.6) is 0 Å². The van der Waals surface area contributed by atoms with Gasteiger partial charge in [0.05, 0.1) is 0 Å². The molecule has 0 spiro atoms. The largest absolute Gasteiger partial charge is 0.382 e. The maximum atomic E-state index is 12.4. The Kier molecular flexibility index (Phi) is 4.06. The molecule has 3 N–H and O–H groups in total. The minimum absolute atomic E-state index is 0.0607. The fraction of sp³-hybridized carbons (Fsp3) is 0.733. The van der Waals surface area contributed by atoms with Gasteiger partial charge in [-0.05, 0) is 43.1 Å². The summed E-state index contributed by atoms with van der Waals surface area (Å²) in [5.41, 5.74) is 6.52. The zero-order valence-electron chi connectivity index (χ0n) is 12.8. The molecular weight excluding hydrogens is 284 g/mol. The number of nitrogens with zero attached hydrogens (tertiary/aromatic N) is 2. The van der Waals surface area contributed by atoms with E-state index in [1.807, 2.05) is 0 Å². The van der Waals surface area contributed by atoms with Crippen LogP contribution in [0.25, 0.3) is 0 Å². The molecule has 0 saturated heterocycles.